The zero-order chi connectivity index (χ0) is 27.7. The van der Waals surface area contributed by atoms with Gasteiger partial charge in [-0.2, -0.15) is 5.26 Å². The van der Waals surface area contributed by atoms with Crippen molar-refractivity contribution in [2.45, 2.75) is 68.0 Å². The standard InChI is InChI=1S/C29H37N7O3/c1-34(2)29(22-7-4-3-5-8-22)14-12-27(13-15-29)20-35(26(38)36(27)21-28(39)10-6-11-28)16-9-25(37)33-23-18-31-24(17-30)32-19-23/h3-5,7-8,18-19,39H,6,9-16,20-21H2,1-2H3,(H,33,37). The summed E-state index contributed by atoms with van der Waals surface area (Å²) in [6.07, 6.45) is 8.79. The number of nitrogens with zero attached hydrogens (tertiary/aromatic N) is 6. The minimum atomic E-state index is -0.818. The molecule has 3 fully saturated rings. The van der Waals surface area contributed by atoms with Crippen LogP contribution in [0.3, 0.4) is 0 Å². The van der Waals surface area contributed by atoms with E-state index in [1.165, 1.54) is 18.0 Å². The van der Waals surface area contributed by atoms with Crippen molar-refractivity contribution in [1.29, 1.82) is 5.26 Å². The lowest BCUT2D eigenvalue weighted by atomic mass is 9.67. The van der Waals surface area contributed by atoms with Crippen LogP contribution in [0.5, 0.6) is 0 Å². The number of anilines is 1. The van der Waals surface area contributed by atoms with Crippen LogP contribution in [0.4, 0.5) is 10.5 Å². The predicted molar refractivity (Wildman–Crippen MR) is 145 cm³/mol. The Labute approximate surface area is 229 Å². The summed E-state index contributed by atoms with van der Waals surface area (Å²) in [5.41, 5.74) is 0.407. The first-order valence-corrected chi connectivity index (χ1v) is 13.7. The van der Waals surface area contributed by atoms with Crippen LogP contribution in [-0.2, 0) is 10.3 Å². The summed E-state index contributed by atoms with van der Waals surface area (Å²) in [6, 6.07) is 12.3. The Bertz CT molecular complexity index is 1230. The lowest BCUT2D eigenvalue weighted by Gasteiger charge is -2.52. The molecule has 2 N–H and O–H groups in total. The monoisotopic (exact) mass is 531 g/mol. The number of aliphatic hydroxyl groups is 1. The van der Waals surface area contributed by atoms with Crippen molar-refractivity contribution in [1.82, 2.24) is 24.7 Å². The molecule has 2 saturated carbocycles. The second-order valence-corrected chi connectivity index (χ2v) is 11.6. The molecule has 1 aromatic carbocycles. The third kappa shape index (κ3) is 5.21. The molecule has 39 heavy (non-hydrogen) atoms. The number of hydrogen-bond acceptors (Lipinski definition) is 7. The number of rotatable bonds is 8. The number of urea groups is 1. The summed E-state index contributed by atoms with van der Waals surface area (Å²) in [5.74, 6) is -0.215. The van der Waals surface area contributed by atoms with Crippen LogP contribution in [0, 0.1) is 11.3 Å². The molecule has 10 nitrogen and oxygen atoms in total. The molecular formula is C29H37N7O3. The van der Waals surface area contributed by atoms with Crippen molar-refractivity contribution in [2.75, 3.05) is 39.0 Å². The van der Waals surface area contributed by atoms with Gasteiger partial charge >= 0.3 is 6.03 Å². The maximum atomic E-state index is 13.8. The summed E-state index contributed by atoms with van der Waals surface area (Å²) in [5, 5.41) is 22.7. The summed E-state index contributed by atoms with van der Waals surface area (Å²) < 4.78 is 0. The zero-order valence-electron chi connectivity index (χ0n) is 22.8. The van der Waals surface area contributed by atoms with E-state index in [1.54, 1.807) is 4.90 Å². The van der Waals surface area contributed by atoms with Crippen LogP contribution in [-0.4, -0.2) is 86.6 Å². The molecule has 0 atom stereocenters. The van der Waals surface area contributed by atoms with Gasteiger partial charge in [0, 0.05) is 25.0 Å². The van der Waals surface area contributed by atoms with E-state index >= 15 is 0 Å². The Morgan fingerprint density at radius 3 is 2.33 bits per heavy atom. The van der Waals surface area contributed by atoms with Crippen molar-refractivity contribution >= 4 is 17.6 Å². The molecule has 3 amide bonds. The van der Waals surface area contributed by atoms with Crippen LogP contribution in [0.25, 0.3) is 0 Å². The first-order valence-electron chi connectivity index (χ1n) is 13.7. The van der Waals surface area contributed by atoms with E-state index in [1.807, 2.05) is 17.0 Å². The van der Waals surface area contributed by atoms with Gasteiger partial charge in [-0.3, -0.25) is 9.69 Å². The van der Waals surface area contributed by atoms with Crippen LogP contribution in [0.15, 0.2) is 42.7 Å². The molecule has 10 heteroatoms. The fraction of sp³-hybridized carbons (Fsp3) is 0.552. The van der Waals surface area contributed by atoms with Gasteiger partial charge in [-0.1, -0.05) is 30.3 Å². The second kappa shape index (κ2) is 10.5. The molecule has 5 rings (SSSR count). The molecule has 0 radical (unpaired) electrons. The van der Waals surface area contributed by atoms with Crippen LogP contribution in [0.1, 0.15) is 62.8 Å². The van der Waals surface area contributed by atoms with Crippen molar-refractivity contribution in [3.8, 4) is 6.07 Å². The van der Waals surface area contributed by atoms with Crippen molar-refractivity contribution in [3.63, 3.8) is 0 Å². The van der Waals surface area contributed by atoms with E-state index in [0.717, 1.165) is 32.1 Å². The minimum Gasteiger partial charge on any atom is -0.388 e. The number of benzene rings is 1. The number of amides is 3. The molecule has 0 bridgehead atoms. The number of aromatic nitrogens is 2. The summed E-state index contributed by atoms with van der Waals surface area (Å²) in [6.45, 7) is 1.18. The molecule has 2 heterocycles. The minimum absolute atomic E-state index is 0.0344. The number of carbonyl (C=O) groups is 2. The van der Waals surface area contributed by atoms with Crippen LogP contribution in [0.2, 0.25) is 0 Å². The van der Waals surface area contributed by atoms with Crippen molar-refractivity contribution < 1.29 is 14.7 Å². The molecule has 2 aromatic rings. The highest BCUT2D eigenvalue weighted by atomic mass is 16.3. The van der Waals surface area contributed by atoms with Gasteiger partial charge in [0.2, 0.25) is 11.7 Å². The molecule has 1 aromatic heterocycles. The predicted octanol–water partition coefficient (Wildman–Crippen LogP) is 3.10. The molecule has 2 aliphatic carbocycles. The molecule has 1 saturated heterocycles. The smallest absolute Gasteiger partial charge is 0.320 e. The van der Waals surface area contributed by atoms with E-state index in [4.69, 9.17) is 5.26 Å². The van der Waals surface area contributed by atoms with Crippen molar-refractivity contribution in [3.05, 3.63) is 54.1 Å². The topological polar surface area (TPSA) is 126 Å². The third-order valence-electron chi connectivity index (χ3n) is 9.12. The van der Waals surface area contributed by atoms with E-state index in [9.17, 15) is 14.7 Å². The van der Waals surface area contributed by atoms with Gasteiger partial charge in [0.15, 0.2) is 0 Å². The Balaban J connectivity index is 1.30. The number of hydrogen-bond donors (Lipinski definition) is 2. The average Bonchev–Trinajstić information content (AvgIpc) is 3.18. The highest BCUT2D eigenvalue weighted by Crippen LogP contribution is 2.50. The van der Waals surface area contributed by atoms with E-state index < -0.39 is 5.60 Å². The summed E-state index contributed by atoms with van der Waals surface area (Å²) in [4.78, 5) is 40.2. The van der Waals surface area contributed by atoms with Gasteiger partial charge in [0.05, 0.1) is 35.8 Å². The number of nitrogens with one attached hydrogen (secondary N) is 1. The number of nitriles is 1. The lowest BCUT2D eigenvalue weighted by molar-refractivity contribution is -0.116. The second-order valence-electron chi connectivity index (χ2n) is 11.6. The first-order chi connectivity index (χ1) is 18.7. The van der Waals surface area contributed by atoms with Gasteiger partial charge in [0.25, 0.3) is 0 Å². The normalized spacial score (nSPS) is 26.0. The van der Waals surface area contributed by atoms with Gasteiger partial charge in [-0.25, -0.2) is 14.8 Å². The number of carbonyl (C=O) groups excluding carboxylic acids is 2. The molecule has 206 valence electrons. The molecular weight excluding hydrogens is 494 g/mol. The van der Waals surface area contributed by atoms with E-state index in [0.29, 0.717) is 31.6 Å². The highest BCUT2D eigenvalue weighted by Gasteiger charge is 2.56. The van der Waals surface area contributed by atoms with Crippen LogP contribution >= 0.6 is 0 Å². The Morgan fingerprint density at radius 2 is 1.77 bits per heavy atom. The van der Waals surface area contributed by atoms with Gasteiger partial charge < -0.3 is 20.2 Å². The quantitative estimate of drug-likeness (QED) is 0.536. The molecule has 1 aliphatic heterocycles. The largest absolute Gasteiger partial charge is 0.388 e. The van der Waals surface area contributed by atoms with E-state index in [2.05, 4.69) is 58.5 Å². The zero-order valence-corrected chi connectivity index (χ0v) is 22.8. The maximum absolute atomic E-state index is 13.8. The van der Waals surface area contributed by atoms with Crippen LogP contribution < -0.4 is 5.32 Å². The fourth-order valence-corrected chi connectivity index (χ4v) is 6.54. The van der Waals surface area contributed by atoms with Crippen molar-refractivity contribution in [2.24, 2.45) is 0 Å². The average molecular weight is 532 g/mol. The lowest BCUT2D eigenvalue weighted by Crippen LogP contribution is -2.59. The summed E-state index contributed by atoms with van der Waals surface area (Å²) >= 11 is 0. The Morgan fingerprint density at radius 1 is 1.10 bits per heavy atom. The van der Waals surface area contributed by atoms with Gasteiger partial charge in [-0.15, -0.1) is 0 Å². The first kappa shape index (κ1) is 27.0. The molecule has 3 aliphatic rings. The van der Waals surface area contributed by atoms with Gasteiger partial charge in [0.1, 0.15) is 6.07 Å². The summed E-state index contributed by atoms with van der Waals surface area (Å²) in [7, 11) is 4.26. The number of β-amino-alcohol motifs (C(OH)–C–C–N with tert-alkyl or cyclic N) is 1. The Kier molecular flexibility index (Phi) is 7.31. The maximum Gasteiger partial charge on any atom is 0.320 e. The SMILES string of the molecule is CN(C)C1(c2ccccc2)CCC2(CC1)CN(CCC(=O)Nc1cnc(C#N)nc1)C(=O)N2CC1(O)CCC1. The van der Waals surface area contributed by atoms with Gasteiger partial charge in [-0.05, 0) is 64.6 Å². The Hall–Kier alpha value is -3.55. The third-order valence-corrected chi connectivity index (χ3v) is 9.12. The molecule has 0 unspecified atom stereocenters. The fourth-order valence-electron chi connectivity index (χ4n) is 6.54. The molecule has 1 spiro atoms. The highest BCUT2D eigenvalue weighted by molar-refractivity contribution is 5.91. The van der Waals surface area contributed by atoms with E-state index in [-0.39, 0.29) is 41.8 Å².